The van der Waals surface area contributed by atoms with Crippen LogP contribution in [0.5, 0.6) is 0 Å². The van der Waals surface area contributed by atoms with Crippen LogP contribution in [0.15, 0.2) is 0 Å². The van der Waals surface area contributed by atoms with Crippen molar-refractivity contribution in [2.75, 3.05) is 6.61 Å². The van der Waals surface area contributed by atoms with Crippen LogP contribution < -0.4 is 0 Å². The second kappa shape index (κ2) is 6.84. The van der Waals surface area contributed by atoms with Gasteiger partial charge in [-0.05, 0) is 69.1 Å². The Bertz CT molecular complexity index is 716. The molecule has 3 unspecified atom stereocenters. The van der Waals surface area contributed by atoms with Gasteiger partial charge in [0, 0.05) is 6.42 Å². The second-order valence-electron chi connectivity index (χ2n) is 9.27. The molecule has 0 aromatic rings. The Morgan fingerprint density at radius 2 is 1.79 bits per heavy atom. The first-order chi connectivity index (χ1) is 12.7. The fourth-order valence-electron chi connectivity index (χ4n) is 5.84. The fourth-order valence-corrected chi connectivity index (χ4v) is 6.27. The van der Waals surface area contributed by atoms with Crippen LogP contribution in [0.3, 0.4) is 0 Å². The van der Waals surface area contributed by atoms with Gasteiger partial charge in [-0.25, -0.2) is 12.8 Å². The minimum Gasteiger partial charge on any atom is -0.743 e. The molecule has 4 saturated carbocycles. The molecule has 10 heteroatoms. The summed E-state index contributed by atoms with van der Waals surface area (Å²) < 4.78 is 76.1. The highest BCUT2D eigenvalue weighted by molar-refractivity contribution is 7.86. The average molecular weight is 427 g/mol. The summed E-state index contributed by atoms with van der Waals surface area (Å²) in [5, 5.41) is 5.59. The molecule has 0 aromatic heterocycles. The van der Waals surface area contributed by atoms with E-state index < -0.39 is 52.1 Å². The number of carbonyl (C=O) groups is 1. The van der Waals surface area contributed by atoms with E-state index in [0.717, 1.165) is 19.3 Å². The third-order valence-electron chi connectivity index (χ3n) is 7.16. The van der Waals surface area contributed by atoms with Crippen molar-refractivity contribution in [3.63, 3.8) is 0 Å². The highest BCUT2D eigenvalue weighted by Gasteiger charge is 2.61. The molecule has 1 N–H and O–H groups in total. The van der Waals surface area contributed by atoms with Crippen LogP contribution in [0.4, 0.5) is 13.2 Å². The van der Waals surface area contributed by atoms with E-state index in [1.54, 1.807) is 13.8 Å². The molecule has 0 amide bonds. The lowest BCUT2D eigenvalue weighted by molar-refractivity contribution is -0.197. The van der Waals surface area contributed by atoms with Crippen LogP contribution in [-0.2, 0) is 19.6 Å². The van der Waals surface area contributed by atoms with Crippen molar-refractivity contribution in [1.82, 2.24) is 0 Å². The van der Waals surface area contributed by atoms with Gasteiger partial charge in [-0.15, -0.1) is 0 Å². The first-order valence-corrected chi connectivity index (χ1v) is 10.9. The zero-order valence-electron chi connectivity index (χ0n) is 15.9. The number of rotatable bonds is 7. The summed E-state index contributed by atoms with van der Waals surface area (Å²) in [5.74, 6) is -0.539. The van der Waals surface area contributed by atoms with Crippen LogP contribution in [0.25, 0.3) is 0 Å². The molecule has 0 aliphatic heterocycles. The minimum atomic E-state index is -6.13. The molecule has 6 nitrogen and oxygen atoms in total. The summed E-state index contributed by atoms with van der Waals surface area (Å²) in [5.41, 5.74) is -1.11. The molecule has 4 bridgehead atoms. The number of hydrogen-bond acceptors (Lipinski definition) is 6. The molecule has 4 fully saturated rings. The molecule has 3 atom stereocenters. The maximum atomic E-state index is 13.5. The van der Waals surface area contributed by atoms with Gasteiger partial charge in [0.1, 0.15) is 0 Å². The summed E-state index contributed by atoms with van der Waals surface area (Å²) in [6, 6.07) is 0. The van der Waals surface area contributed by atoms with Crippen molar-refractivity contribution in [1.29, 1.82) is 0 Å². The van der Waals surface area contributed by atoms with Gasteiger partial charge in [0.05, 0.1) is 18.1 Å². The average Bonchev–Trinajstić information content (AvgIpc) is 2.51. The van der Waals surface area contributed by atoms with E-state index >= 15 is 0 Å². The molecule has 0 heterocycles. The van der Waals surface area contributed by atoms with E-state index in [1.165, 1.54) is 0 Å². The molecule has 0 spiro atoms. The van der Waals surface area contributed by atoms with Gasteiger partial charge in [-0.2, -0.15) is 8.78 Å². The summed E-state index contributed by atoms with van der Waals surface area (Å²) in [7, 11) is -6.13. The number of halogens is 3. The van der Waals surface area contributed by atoms with Crippen molar-refractivity contribution >= 4 is 16.1 Å². The third kappa shape index (κ3) is 3.56. The topological polar surface area (TPSA) is 104 Å². The SMILES string of the molecule is CC(C)(O)C12CC3CC(C1)C(C(=O)OCCC(F)C(F)(F)S(=O)(=O)[O-])C(C3)C2. The van der Waals surface area contributed by atoms with E-state index in [-0.39, 0.29) is 17.3 Å². The molecule has 162 valence electrons. The Hall–Kier alpha value is -0.870. The first-order valence-electron chi connectivity index (χ1n) is 9.54. The molecule has 4 aliphatic carbocycles. The molecule has 0 saturated heterocycles. The highest BCUT2D eigenvalue weighted by Crippen LogP contribution is 2.65. The monoisotopic (exact) mass is 427 g/mol. The quantitative estimate of drug-likeness (QED) is 0.495. The Labute approximate surface area is 162 Å². The van der Waals surface area contributed by atoms with Gasteiger partial charge in [-0.1, -0.05) is 0 Å². The van der Waals surface area contributed by atoms with Gasteiger partial charge in [0.2, 0.25) is 0 Å². The number of alkyl halides is 3. The van der Waals surface area contributed by atoms with Crippen LogP contribution in [0.2, 0.25) is 0 Å². The Kier molecular flexibility index (Phi) is 5.33. The normalized spacial score (nSPS) is 36.4. The molecule has 0 radical (unpaired) electrons. The van der Waals surface area contributed by atoms with Gasteiger partial charge < -0.3 is 14.4 Å². The number of ether oxygens (including phenoxy) is 1. The summed E-state index contributed by atoms with van der Waals surface area (Å²) in [4.78, 5) is 12.5. The van der Waals surface area contributed by atoms with Crippen molar-refractivity contribution in [3.05, 3.63) is 0 Å². The molecular formula is C18H26F3O6S-. The lowest BCUT2D eigenvalue weighted by atomic mass is 9.43. The minimum absolute atomic E-state index is 0.0230. The maximum absolute atomic E-state index is 13.5. The summed E-state index contributed by atoms with van der Waals surface area (Å²) >= 11 is 0. The second-order valence-corrected chi connectivity index (χ2v) is 10.7. The van der Waals surface area contributed by atoms with Crippen LogP contribution in [-0.4, -0.2) is 47.7 Å². The first kappa shape index (κ1) is 21.8. The van der Waals surface area contributed by atoms with E-state index in [2.05, 4.69) is 0 Å². The van der Waals surface area contributed by atoms with Gasteiger partial charge in [0.15, 0.2) is 16.3 Å². The van der Waals surface area contributed by atoms with Crippen molar-refractivity contribution in [2.45, 2.75) is 69.4 Å². The maximum Gasteiger partial charge on any atom is 0.364 e. The zero-order chi connectivity index (χ0) is 21.1. The Balaban J connectivity index is 1.60. The number of aliphatic hydroxyl groups is 1. The van der Waals surface area contributed by atoms with Gasteiger partial charge >= 0.3 is 11.2 Å². The standard InChI is InChI=1S/C18H27F3O6S/c1-16(2,23)17-7-10-5-11(8-17)14(12(6-10)9-17)15(22)27-4-3-13(19)18(20,21)28(24,25)26/h10-14,23H,3-9H2,1-2H3,(H,24,25,26)/p-1. The lowest BCUT2D eigenvalue weighted by Crippen LogP contribution is -2.60. The van der Waals surface area contributed by atoms with Gasteiger partial charge in [-0.3, -0.25) is 4.79 Å². The third-order valence-corrected chi connectivity index (χ3v) is 8.08. The Morgan fingerprint density at radius 1 is 1.25 bits per heavy atom. The zero-order valence-corrected chi connectivity index (χ0v) is 16.7. The number of carbonyl (C=O) groups excluding carboxylic acids is 1. The number of hydrogen-bond donors (Lipinski definition) is 1. The lowest BCUT2D eigenvalue weighted by Gasteiger charge is -2.62. The van der Waals surface area contributed by atoms with E-state index in [9.17, 15) is 36.0 Å². The van der Waals surface area contributed by atoms with Crippen LogP contribution >= 0.6 is 0 Å². The molecule has 28 heavy (non-hydrogen) atoms. The van der Waals surface area contributed by atoms with Crippen LogP contribution in [0.1, 0.15) is 52.4 Å². The number of esters is 1. The fraction of sp³-hybridized carbons (Fsp3) is 0.944. The smallest absolute Gasteiger partial charge is 0.364 e. The molecule has 0 aromatic carbocycles. The van der Waals surface area contributed by atoms with Crippen LogP contribution in [0, 0.1) is 29.1 Å². The highest BCUT2D eigenvalue weighted by atomic mass is 32.2. The van der Waals surface area contributed by atoms with E-state index in [0.29, 0.717) is 18.8 Å². The summed E-state index contributed by atoms with van der Waals surface area (Å²) in [6.07, 6.45) is -0.340. The Morgan fingerprint density at radius 3 is 2.25 bits per heavy atom. The van der Waals surface area contributed by atoms with Gasteiger partial charge in [0.25, 0.3) is 0 Å². The van der Waals surface area contributed by atoms with E-state index in [1.807, 2.05) is 0 Å². The molecule has 4 aliphatic rings. The summed E-state index contributed by atoms with van der Waals surface area (Å²) in [6.45, 7) is 2.86. The van der Waals surface area contributed by atoms with Crippen molar-refractivity contribution < 1.29 is 40.8 Å². The molecular weight excluding hydrogens is 401 g/mol. The predicted molar refractivity (Wildman–Crippen MR) is 90.9 cm³/mol. The van der Waals surface area contributed by atoms with Crippen molar-refractivity contribution in [3.8, 4) is 0 Å². The van der Waals surface area contributed by atoms with E-state index in [4.69, 9.17) is 4.74 Å². The predicted octanol–water partition coefficient (Wildman–Crippen LogP) is 2.61. The molecule has 4 rings (SSSR count). The largest absolute Gasteiger partial charge is 0.743 e. The van der Waals surface area contributed by atoms with Crippen molar-refractivity contribution in [2.24, 2.45) is 29.1 Å².